The van der Waals surface area contributed by atoms with Crippen LogP contribution in [0.3, 0.4) is 0 Å². The molecule has 0 aromatic carbocycles. The molecule has 0 spiro atoms. The summed E-state index contributed by atoms with van der Waals surface area (Å²) < 4.78 is 0. The fourth-order valence-corrected chi connectivity index (χ4v) is 5.48. The zero-order chi connectivity index (χ0) is 12.4. The minimum atomic E-state index is -1.01. The SMILES string of the molecule is N[C@@H](C(=O)O)[C@@H]1[C@@H]2C[C@H]3C[C@@](Cl)(C2)C[C@]1(O)C3. The third-order valence-electron chi connectivity index (χ3n) is 4.98. The predicted octanol–water partition coefficient (Wildman–Crippen LogP) is 0.947. The molecule has 4 nitrogen and oxygen atoms in total. The summed E-state index contributed by atoms with van der Waals surface area (Å²) in [7, 11) is 0. The fourth-order valence-electron chi connectivity index (χ4n) is 4.83. The number of aliphatic carboxylic acids is 1. The van der Waals surface area contributed by atoms with Crippen molar-refractivity contribution in [1.82, 2.24) is 0 Å². The van der Waals surface area contributed by atoms with Gasteiger partial charge in [-0.05, 0) is 43.9 Å². The Morgan fingerprint density at radius 2 is 2.12 bits per heavy atom. The van der Waals surface area contributed by atoms with Gasteiger partial charge in [-0.15, -0.1) is 11.6 Å². The quantitative estimate of drug-likeness (QED) is 0.645. The lowest BCUT2D eigenvalue weighted by Gasteiger charge is -2.62. The average Bonchev–Trinajstić information content (AvgIpc) is 2.11. The number of hydrogen-bond donors (Lipinski definition) is 3. The van der Waals surface area contributed by atoms with Gasteiger partial charge < -0.3 is 15.9 Å². The van der Waals surface area contributed by atoms with Crippen LogP contribution in [0.5, 0.6) is 0 Å². The van der Waals surface area contributed by atoms with E-state index < -0.39 is 17.6 Å². The smallest absolute Gasteiger partial charge is 0.320 e. The van der Waals surface area contributed by atoms with Crippen molar-refractivity contribution in [3.8, 4) is 0 Å². The van der Waals surface area contributed by atoms with Crippen LogP contribution in [0.4, 0.5) is 0 Å². The Hall–Kier alpha value is -0.320. The molecule has 0 heterocycles. The number of carboxylic acids is 1. The highest BCUT2D eigenvalue weighted by Gasteiger charge is 2.63. The van der Waals surface area contributed by atoms with E-state index in [2.05, 4.69) is 0 Å². The van der Waals surface area contributed by atoms with Crippen LogP contribution < -0.4 is 5.73 Å². The van der Waals surface area contributed by atoms with E-state index in [1.54, 1.807) is 0 Å². The van der Waals surface area contributed by atoms with E-state index >= 15 is 0 Å². The number of nitrogens with two attached hydrogens (primary N) is 1. The topological polar surface area (TPSA) is 83.6 Å². The molecule has 0 aliphatic heterocycles. The Bertz CT molecular complexity index is 377. The standard InChI is InChI=1S/C12H18ClNO3/c13-11-2-6-1-7(4-11)8(9(14)10(15)16)12(17,3-6)5-11/h6-9,17H,1-5,14H2,(H,15,16)/t6-,7+,8-,9+,11+,12+/m0/s1. The van der Waals surface area contributed by atoms with Gasteiger partial charge in [-0.25, -0.2) is 0 Å². The van der Waals surface area contributed by atoms with Gasteiger partial charge in [0.05, 0.1) is 5.60 Å². The summed E-state index contributed by atoms with van der Waals surface area (Å²) in [5.74, 6) is -0.727. The molecule has 6 atom stereocenters. The van der Waals surface area contributed by atoms with Crippen molar-refractivity contribution in [3.63, 3.8) is 0 Å². The molecule has 4 aliphatic carbocycles. The van der Waals surface area contributed by atoms with Gasteiger partial charge in [0.25, 0.3) is 0 Å². The predicted molar refractivity (Wildman–Crippen MR) is 62.7 cm³/mol. The second-order valence-corrected chi connectivity index (χ2v) is 7.10. The molecule has 96 valence electrons. The van der Waals surface area contributed by atoms with Crippen LogP contribution in [0.15, 0.2) is 0 Å². The highest BCUT2D eigenvalue weighted by molar-refractivity contribution is 6.24. The minimum absolute atomic E-state index is 0.171. The van der Waals surface area contributed by atoms with Crippen molar-refractivity contribution < 1.29 is 15.0 Å². The Kier molecular flexibility index (Phi) is 2.33. The number of alkyl halides is 1. The minimum Gasteiger partial charge on any atom is -0.480 e. The van der Waals surface area contributed by atoms with Gasteiger partial charge in [0, 0.05) is 10.8 Å². The first-order valence-electron chi connectivity index (χ1n) is 6.23. The molecule has 0 amide bonds. The van der Waals surface area contributed by atoms with Crippen LogP contribution in [0.25, 0.3) is 0 Å². The van der Waals surface area contributed by atoms with Crippen molar-refractivity contribution in [1.29, 1.82) is 0 Å². The summed E-state index contributed by atoms with van der Waals surface area (Å²) in [6, 6.07) is -0.967. The van der Waals surface area contributed by atoms with Crippen LogP contribution in [-0.4, -0.2) is 32.7 Å². The van der Waals surface area contributed by atoms with Gasteiger partial charge in [-0.2, -0.15) is 0 Å². The summed E-state index contributed by atoms with van der Waals surface area (Å²) in [5.41, 5.74) is 4.81. The molecule has 4 saturated carbocycles. The zero-order valence-electron chi connectivity index (χ0n) is 9.60. The van der Waals surface area contributed by atoms with Crippen LogP contribution in [0, 0.1) is 17.8 Å². The van der Waals surface area contributed by atoms with Gasteiger partial charge in [-0.3, -0.25) is 4.79 Å². The summed E-state index contributed by atoms with van der Waals surface area (Å²) in [6.07, 6.45) is 3.91. The molecule has 0 aromatic rings. The van der Waals surface area contributed by atoms with E-state index in [4.69, 9.17) is 22.4 Å². The number of halogens is 1. The lowest BCUT2D eigenvalue weighted by Crippen LogP contribution is -2.67. The fraction of sp³-hybridized carbons (Fsp3) is 0.917. The van der Waals surface area contributed by atoms with Crippen LogP contribution in [0.2, 0.25) is 0 Å². The van der Waals surface area contributed by atoms with Crippen LogP contribution in [-0.2, 0) is 4.79 Å². The molecule has 0 aromatic heterocycles. The molecule has 0 saturated heterocycles. The molecule has 0 radical (unpaired) electrons. The number of hydrogen-bond acceptors (Lipinski definition) is 3. The maximum absolute atomic E-state index is 11.1. The maximum Gasteiger partial charge on any atom is 0.320 e. The highest BCUT2D eigenvalue weighted by atomic mass is 35.5. The zero-order valence-corrected chi connectivity index (χ0v) is 10.4. The molecule has 4 aliphatic rings. The molecule has 0 unspecified atom stereocenters. The number of rotatable bonds is 2. The second-order valence-electron chi connectivity index (χ2n) is 6.30. The normalized spacial score (nSPS) is 53.7. The molecule has 17 heavy (non-hydrogen) atoms. The lowest BCUT2D eigenvalue weighted by molar-refractivity contribution is -0.180. The largest absolute Gasteiger partial charge is 0.480 e. The van der Waals surface area contributed by atoms with E-state index in [1.807, 2.05) is 0 Å². The highest BCUT2D eigenvalue weighted by Crippen LogP contribution is 2.62. The summed E-state index contributed by atoms with van der Waals surface area (Å²) in [4.78, 5) is 10.8. The summed E-state index contributed by atoms with van der Waals surface area (Å²) in [5, 5.41) is 19.8. The van der Waals surface area contributed by atoms with E-state index in [-0.39, 0.29) is 16.7 Å². The van der Waals surface area contributed by atoms with E-state index in [0.29, 0.717) is 18.8 Å². The third kappa shape index (κ3) is 1.61. The maximum atomic E-state index is 11.1. The van der Waals surface area contributed by atoms with Crippen molar-refractivity contribution in [2.24, 2.45) is 23.5 Å². The lowest BCUT2D eigenvalue weighted by atomic mass is 9.48. The van der Waals surface area contributed by atoms with Crippen LogP contribution in [0.1, 0.15) is 32.1 Å². The molecule has 5 heteroatoms. The molecule has 4 rings (SSSR count). The first-order chi connectivity index (χ1) is 7.83. The molecular formula is C12H18ClNO3. The summed E-state index contributed by atoms with van der Waals surface area (Å²) in [6.45, 7) is 0. The Morgan fingerprint density at radius 3 is 2.65 bits per heavy atom. The third-order valence-corrected chi connectivity index (χ3v) is 5.43. The number of aliphatic hydroxyl groups is 1. The van der Waals surface area contributed by atoms with E-state index in [0.717, 1.165) is 19.3 Å². The number of carboxylic acid groups (broad SMARTS) is 1. The number of carbonyl (C=O) groups is 1. The molecule has 4 fully saturated rings. The first kappa shape index (κ1) is 11.8. The van der Waals surface area contributed by atoms with Gasteiger partial charge in [0.15, 0.2) is 0 Å². The second kappa shape index (κ2) is 3.37. The van der Waals surface area contributed by atoms with Crippen LogP contribution >= 0.6 is 11.6 Å². The Labute approximate surface area is 105 Å². The van der Waals surface area contributed by atoms with Gasteiger partial charge >= 0.3 is 5.97 Å². The van der Waals surface area contributed by atoms with Crippen molar-refractivity contribution in [2.75, 3.05) is 0 Å². The Balaban J connectivity index is 1.95. The molecular weight excluding hydrogens is 242 g/mol. The average molecular weight is 260 g/mol. The van der Waals surface area contributed by atoms with Crippen molar-refractivity contribution in [3.05, 3.63) is 0 Å². The molecule has 4 N–H and O–H groups in total. The van der Waals surface area contributed by atoms with Crippen molar-refractivity contribution in [2.45, 2.75) is 48.6 Å². The van der Waals surface area contributed by atoms with E-state index in [9.17, 15) is 9.90 Å². The van der Waals surface area contributed by atoms with Gasteiger partial charge in [-0.1, -0.05) is 0 Å². The van der Waals surface area contributed by atoms with Crippen molar-refractivity contribution >= 4 is 17.6 Å². The summed E-state index contributed by atoms with van der Waals surface area (Å²) >= 11 is 6.52. The first-order valence-corrected chi connectivity index (χ1v) is 6.60. The van der Waals surface area contributed by atoms with E-state index in [1.165, 1.54) is 0 Å². The Morgan fingerprint density at radius 1 is 1.41 bits per heavy atom. The van der Waals surface area contributed by atoms with Gasteiger partial charge in [0.1, 0.15) is 6.04 Å². The van der Waals surface area contributed by atoms with Gasteiger partial charge in [0.2, 0.25) is 0 Å². The monoisotopic (exact) mass is 259 g/mol. The molecule has 4 bridgehead atoms.